The first-order chi connectivity index (χ1) is 8.20. The molecule has 0 amide bonds. The fourth-order valence-corrected chi connectivity index (χ4v) is 1.60. The Hall–Kier alpha value is -2.04. The van der Waals surface area contributed by atoms with Crippen molar-refractivity contribution in [1.29, 1.82) is 0 Å². The zero-order valence-electron chi connectivity index (χ0n) is 10.0. The molecule has 0 saturated heterocycles. The second-order valence-corrected chi connectivity index (χ2v) is 3.85. The van der Waals surface area contributed by atoms with E-state index in [2.05, 4.69) is 26.9 Å². The van der Waals surface area contributed by atoms with Crippen LogP contribution in [0, 0.1) is 6.92 Å². The molecule has 0 atom stereocenters. The zero-order valence-corrected chi connectivity index (χ0v) is 10.0. The van der Waals surface area contributed by atoms with Crippen molar-refractivity contribution in [2.45, 2.75) is 26.7 Å². The van der Waals surface area contributed by atoms with Crippen LogP contribution in [0.5, 0.6) is 0 Å². The number of anilines is 1. The number of nitrogens with zero attached hydrogens (tertiary/aromatic N) is 4. The summed E-state index contributed by atoms with van der Waals surface area (Å²) in [6.45, 7) is 4.05. The third kappa shape index (κ3) is 2.55. The Labute approximate surface area is 100 Å². The van der Waals surface area contributed by atoms with Gasteiger partial charge in [0.1, 0.15) is 11.5 Å². The standard InChI is InChI=1S/C12H15N5/c1-3-5-9-15-11(17-12(13)16-9)10-8(2)6-4-7-14-10/h4,6-7H,3,5H2,1-2H3,(H2,13,15,16,17). The molecule has 88 valence electrons. The number of aryl methyl sites for hydroxylation is 2. The van der Waals surface area contributed by atoms with Crippen molar-refractivity contribution in [3.63, 3.8) is 0 Å². The Morgan fingerprint density at radius 1 is 1.24 bits per heavy atom. The molecular weight excluding hydrogens is 214 g/mol. The molecule has 0 aliphatic carbocycles. The summed E-state index contributed by atoms with van der Waals surface area (Å²) in [7, 11) is 0. The van der Waals surface area contributed by atoms with Crippen molar-refractivity contribution in [3.05, 3.63) is 29.7 Å². The molecule has 0 spiro atoms. The van der Waals surface area contributed by atoms with Gasteiger partial charge in [-0.2, -0.15) is 9.97 Å². The lowest BCUT2D eigenvalue weighted by Crippen LogP contribution is -2.06. The van der Waals surface area contributed by atoms with E-state index in [1.165, 1.54) is 0 Å². The molecule has 17 heavy (non-hydrogen) atoms. The maximum Gasteiger partial charge on any atom is 0.223 e. The highest BCUT2D eigenvalue weighted by atomic mass is 15.1. The molecule has 5 heteroatoms. The van der Waals surface area contributed by atoms with E-state index in [0.29, 0.717) is 5.82 Å². The molecule has 0 fully saturated rings. The summed E-state index contributed by atoms with van der Waals surface area (Å²) in [5.41, 5.74) is 7.48. The average molecular weight is 229 g/mol. The summed E-state index contributed by atoms with van der Waals surface area (Å²) in [6, 6.07) is 3.86. The highest BCUT2D eigenvalue weighted by Gasteiger charge is 2.09. The van der Waals surface area contributed by atoms with Crippen molar-refractivity contribution in [1.82, 2.24) is 19.9 Å². The molecule has 2 aromatic heterocycles. The van der Waals surface area contributed by atoms with Crippen molar-refractivity contribution in [2.24, 2.45) is 0 Å². The molecule has 2 aromatic rings. The van der Waals surface area contributed by atoms with Gasteiger partial charge in [0, 0.05) is 12.6 Å². The number of hydrogen-bond acceptors (Lipinski definition) is 5. The topological polar surface area (TPSA) is 77.6 Å². The molecule has 0 unspecified atom stereocenters. The second kappa shape index (κ2) is 4.86. The van der Waals surface area contributed by atoms with Crippen LogP contribution in [0.1, 0.15) is 24.7 Å². The van der Waals surface area contributed by atoms with Crippen LogP contribution in [0.2, 0.25) is 0 Å². The van der Waals surface area contributed by atoms with E-state index in [-0.39, 0.29) is 5.95 Å². The summed E-state index contributed by atoms with van der Waals surface area (Å²) >= 11 is 0. The highest BCUT2D eigenvalue weighted by molar-refractivity contribution is 5.54. The van der Waals surface area contributed by atoms with Gasteiger partial charge in [-0.15, -0.1) is 0 Å². The Kier molecular flexibility index (Phi) is 3.27. The highest BCUT2D eigenvalue weighted by Crippen LogP contribution is 2.17. The molecule has 0 aliphatic rings. The monoisotopic (exact) mass is 229 g/mol. The minimum Gasteiger partial charge on any atom is -0.368 e. The number of nitrogen functional groups attached to an aromatic ring is 1. The Balaban J connectivity index is 2.48. The summed E-state index contributed by atoms with van der Waals surface area (Å²) in [6.07, 6.45) is 3.50. The number of hydrogen-bond donors (Lipinski definition) is 1. The second-order valence-electron chi connectivity index (χ2n) is 3.85. The first-order valence-corrected chi connectivity index (χ1v) is 5.63. The number of aromatic nitrogens is 4. The number of rotatable bonds is 3. The SMILES string of the molecule is CCCc1nc(N)nc(-c2ncccc2C)n1. The number of pyridine rings is 1. The van der Waals surface area contributed by atoms with E-state index in [9.17, 15) is 0 Å². The van der Waals surface area contributed by atoms with Gasteiger partial charge in [0.05, 0.1) is 0 Å². The largest absolute Gasteiger partial charge is 0.368 e. The van der Waals surface area contributed by atoms with Crippen molar-refractivity contribution in [2.75, 3.05) is 5.73 Å². The molecule has 2 rings (SSSR count). The maximum absolute atomic E-state index is 5.69. The quantitative estimate of drug-likeness (QED) is 0.868. The van der Waals surface area contributed by atoms with Gasteiger partial charge >= 0.3 is 0 Å². The lowest BCUT2D eigenvalue weighted by atomic mass is 10.2. The van der Waals surface area contributed by atoms with Gasteiger partial charge in [-0.05, 0) is 25.0 Å². The van der Waals surface area contributed by atoms with E-state index in [1.54, 1.807) is 6.20 Å². The summed E-state index contributed by atoms with van der Waals surface area (Å²) < 4.78 is 0. The average Bonchev–Trinajstić information content (AvgIpc) is 2.29. The predicted molar refractivity (Wildman–Crippen MR) is 66.2 cm³/mol. The van der Waals surface area contributed by atoms with Crippen molar-refractivity contribution < 1.29 is 0 Å². The van der Waals surface area contributed by atoms with Gasteiger partial charge in [0.2, 0.25) is 5.95 Å². The lowest BCUT2D eigenvalue weighted by Gasteiger charge is -2.05. The predicted octanol–water partition coefficient (Wildman–Crippen LogP) is 1.78. The van der Waals surface area contributed by atoms with Gasteiger partial charge in [0.25, 0.3) is 0 Å². The van der Waals surface area contributed by atoms with E-state index in [1.807, 2.05) is 19.1 Å². The minimum atomic E-state index is 0.253. The van der Waals surface area contributed by atoms with Crippen LogP contribution >= 0.6 is 0 Å². The van der Waals surface area contributed by atoms with Gasteiger partial charge in [-0.25, -0.2) is 4.98 Å². The maximum atomic E-state index is 5.69. The van der Waals surface area contributed by atoms with E-state index in [4.69, 9.17) is 5.73 Å². The lowest BCUT2D eigenvalue weighted by molar-refractivity contribution is 0.823. The summed E-state index contributed by atoms with van der Waals surface area (Å²) in [4.78, 5) is 16.9. The molecule has 0 bridgehead atoms. The van der Waals surface area contributed by atoms with Gasteiger partial charge < -0.3 is 5.73 Å². The van der Waals surface area contributed by atoms with E-state index in [0.717, 1.165) is 29.9 Å². The summed E-state index contributed by atoms with van der Waals surface area (Å²) in [5, 5.41) is 0. The summed E-state index contributed by atoms with van der Waals surface area (Å²) in [5.74, 6) is 1.53. The van der Waals surface area contributed by atoms with Crippen molar-refractivity contribution in [3.8, 4) is 11.5 Å². The first-order valence-electron chi connectivity index (χ1n) is 5.63. The molecule has 0 aliphatic heterocycles. The van der Waals surface area contributed by atoms with E-state index < -0.39 is 0 Å². The van der Waals surface area contributed by atoms with Crippen LogP contribution in [0.4, 0.5) is 5.95 Å². The van der Waals surface area contributed by atoms with Gasteiger partial charge in [-0.3, -0.25) is 4.98 Å². The van der Waals surface area contributed by atoms with Crippen LogP contribution in [-0.2, 0) is 6.42 Å². The Bertz CT molecular complexity index is 524. The fourth-order valence-electron chi connectivity index (χ4n) is 1.60. The Morgan fingerprint density at radius 2 is 2.06 bits per heavy atom. The molecule has 2 N–H and O–H groups in total. The molecule has 0 saturated carbocycles. The normalized spacial score (nSPS) is 10.5. The molecular formula is C12H15N5. The molecule has 2 heterocycles. The van der Waals surface area contributed by atoms with Gasteiger partial charge in [0.15, 0.2) is 5.82 Å². The molecule has 5 nitrogen and oxygen atoms in total. The third-order valence-corrected chi connectivity index (χ3v) is 2.39. The van der Waals surface area contributed by atoms with E-state index >= 15 is 0 Å². The van der Waals surface area contributed by atoms with Crippen LogP contribution in [0.25, 0.3) is 11.5 Å². The molecule has 0 radical (unpaired) electrons. The van der Waals surface area contributed by atoms with Crippen LogP contribution in [0.15, 0.2) is 18.3 Å². The minimum absolute atomic E-state index is 0.253. The van der Waals surface area contributed by atoms with Crippen LogP contribution in [-0.4, -0.2) is 19.9 Å². The third-order valence-electron chi connectivity index (χ3n) is 2.39. The van der Waals surface area contributed by atoms with Gasteiger partial charge in [-0.1, -0.05) is 13.0 Å². The first kappa shape index (κ1) is 11.4. The smallest absolute Gasteiger partial charge is 0.223 e. The molecule has 0 aromatic carbocycles. The zero-order chi connectivity index (χ0) is 12.3. The van der Waals surface area contributed by atoms with Crippen molar-refractivity contribution >= 4 is 5.95 Å². The number of nitrogens with two attached hydrogens (primary N) is 1. The fraction of sp³-hybridized carbons (Fsp3) is 0.333. The Morgan fingerprint density at radius 3 is 2.76 bits per heavy atom. The van der Waals surface area contributed by atoms with Crippen LogP contribution < -0.4 is 5.73 Å². The van der Waals surface area contributed by atoms with Crippen LogP contribution in [0.3, 0.4) is 0 Å².